The SMILES string of the molecule is CCc1cccc(C)c1NC(=O)COc1c(C#N)cnc2c(OC)cc(OC)cc12. The molecule has 0 aliphatic heterocycles. The lowest BCUT2D eigenvalue weighted by Gasteiger charge is -2.15. The van der Waals surface area contributed by atoms with Gasteiger partial charge in [-0.15, -0.1) is 0 Å². The maximum absolute atomic E-state index is 12.6. The third-order valence-corrected chi connectivity index (χ3v) is 4.79. The summed E-state index contributed by atoms with van der Waals surface area (Å²) in [7, 11) is 3.05. The van der Waals surface area contributed by atoms with E-state index in [1.54, 1.807) is 12.1 Å². The Labute approximate surface area is 175 Å². The first kappa shape index (κ1) is 20.9. The molecule has 1 aromatic heterocycles. The summed E-state index contributed by atoms with van der Waals surface area (Å²) in [5.74, 6) is 0.951. The molecule has 0 aliphatic rings. The predicted octanol–water partition coefficient (Wildman–Crippen LogP) is 4.01. The smallest absolute Gasteiger partial charge is 0.262 e. The largest absolute Gasteiger partial charge is 0.497 e. The molecule has 7 heteroatoms. The van der Waals surface area contributed by atoms with Gasteiger partial charge < -0.3 is 19.5 Å². The molecule has 0 radical (unpaired) electrons. The molecule has 0 spiro atoms. The van der Waals surface area contributed by atoms with Gasteiger partial charge in [0.2, 0.25) is 0 Å². The van der Waals surface area contributed by atoms with E-state index in [9.17, 15) is 10.1 Å². The van der Waals surface area contributed by atoms with Gasteiger partial charge in [-0.25, -0.2) is 0 Å². The fourth-order valence-electron chi connectivity index (χ4n) is 3.25. The number of benzene rings is 2. The molecule has 0 atom stereocenters. The van der Waals surface area contributed by atoms with Crippen LogP contribution in [-0.4, -0.2) is 31.7 Å². The molecule has 0 bridgehead atoms. The number of nitrogens with one attached hydrogen (secondary N) is 1. The third kappa shape index (κ3) is 4.13. The van der Waals surface area contributed by atoms with E-state index in [2.05, 4.69) is 16.4 Å². The molecule has 2 aromatic carbocycles. The zero-order chi connectivity index (χ0) is 21.7. The Balaban J connectivity index is 1.92. The number of fused-ring (bicyclic) bond motifs is 1. The minimum atomic E-state index is -0.317. The highest BCUT2D eigenvalue weighted by molar-refractivity contribution is 5.95. The van der Waals surface area contributed by atoms with Crippen LogP contribution in [0.15, 0.2) is 36.5 Å². The molecular weight excluding hydrogens is 382 g/mol. The van der Waals surface area contributed by atoms with Crippen molar-refractivity contribution in [1.82, 2.24) is 4.98 Å². The minimum Gasteiger partial charge on any atom is -0.497 e. The molecule has 3 aromatic rings. The molecule has 0 saturated heterocycles. The van der Waals surface area contributed by atoms with Gasteiger partial charge >= 0.3 is 0 Å². The second-order valence-electron chi connectivity index (χ2n) is 6.64. The molecule has 30 heavy (non-hydrogen) atoms. The maximum atomic E-state index is 12.6. The summed E-state index contributed by atoms with van der Waals surface area (Å²) in [5.41, 5.74) is 3.54. The molecule has 1 heterocycles. The van der Waals surface area contributed by atoms with Gasteiger partial charge in [0.25, 0.3) is 5.91 Å². The number of amides is 1. The average molecular weight is 405 g/mol. The van der Waals surface area contributed by atoms with Crippen LogP contribution in [0.2, 0.25) is 0 Å². The number of rotatable bonds is 7. The summed E-state index contributed by atoms with van der Waals surface area (Å²) >= 11 is 0. The van der Waals surface area contributed by atoms with Crippen LogP contribution >= 0.6 is 0 Å². The number of ether oxygens (including phenoxy) is 3. The van der Waals surface area contributed by atoms with Crippen LogP contribution in [0.3, 0.4) is 0 Å². The molecule has 1 N–H and O–H groups in total. The summed E-state index contributed by atoms with van der Waals surface area (Å²) in [4.78, 5) is 16.9. The lowest BCUT2D eigenvalue weighted by molar-refractivity contribution is -0.118. The van der Waals surface area contributed by atoms with Crippen LogP contribution in [0, 0.1) is 18.3 Å². The second-order valence-corrected chi connectivity index (χ2v) is 6.64. The summed E-state index contributed by atoms with van der Waals surface area (Å²) in [5, 5.41) is 13.0. The van der Waals surface area contributed by atoms with Crippen LogP contribution in [0.5, 0.6) is 17.2 Å². The van der Waals surface area contributed by atoms with E-state index in [-0.39, 0.29) is 23.8 Å². The van der Waals surface area contributed by atoms with Crippen molar-refractivity contribution in [3.05, 3.63) is 53.2 Å². The molecule has 1 amide bonds. The number of nitrogens with zero attached hydrogens (tertiary/aromatic N) is 2. The molecule has 0 fully saturated rings. The summed E-state index contributed by atoms with van der Waals surface area (Å²) in [6, 6.07) is 11.3. The number of methoxy groups -OCH3 is 2. The Bertz CT molecular complexity index is 1140. The van der Waals surface area contributed by atoms with E-state index in [4.69, 9.17) is 14.2 Å². The number of carbonyl (C=O) groups excluding carboxylic acids is 1. The predicted molar refractivity (Wildman–Crippen MR) is 114 cm³/mol. The molecular formula is C23H23N3O4. The number of nitriles is 1. The van der Waals surface area contributed by atoms with E-state index in [0.29, 0.717) is 22.4 Å². The fourth-order valence-corrected chi connectivity index (χ4v) is 3.25. The second kappa shape index (κ2) is 9.14. The number of anilines is 1. The average Bonchev–Trinajstić information content (AvgIpc) is 2.77. The number of aryl methyl sites for hydroxylation is 2. The lowest BCUT2D eigenvalue weighted by atomic mass is 10.1. The number of pyridine rings is 1. The highest BCUT2D eigenvalue weighted by Gasteiger charge is 2.17. The summed E-state index contributed by atoms with van der Waals surface area (Å²) in [6.07, 6.45) is 2.20. The maximum Gasteiger partial charge on any atom is 0.262 e. The van der Waals surface area contributed by atoms with Crippen molar-refractivity contribution in [2.45, 2.75) is 20.3 Å². The molecule has 0 unspecified atom stereocenters. The third-order valence-electron chi connectivity index (χ3n) is 4.79. The Morgan fingerprint density at radius 3 is 2.70 bits per heavy atom. The molecule has 3 rings (SSSR count). The number of carbonyl (C=O) groups is 1. The Kier molecular flexibility index (Phi) is 6.38. The van der Waals surface area contributed by atoms with Gasteiger partial charge in [-0.2, -0.15) is 5.26 Å². The van der Waals surface area contributed by atoms with Crippen LogP contribution in [-0.2, 0) is 11.2 Å². The van der Waals surface area contributed by atoms with Gasteiger partial charge in [-0.05, 0) is 30.5 Å². The first-order chi connectivity index (χ1) is 14.5. The molecule has 0 aliphatic carbocycles. The zero-order valence-electron chi connectivity index (χ0n) is 17.4. The van der Waals surface area contributed by atoms with Crippen LogP contribution in [0.25, 0.3) is 10.9 Å². The normalized spacial score (nSPS) is 10.4. The van der Waals surface area contributed by atoms with Gasteiger partial charge in [0, 0.05) is 18.0 Å². The number of hydrogen-bond donors (Lipinski definition) is 1. The number of hydrogen-bond acceptors (Lipinski definition) is 6. The quantitative estimate of drug-likeness (QED) is 0.638. The van der Waals surface area contributed by atoms with Crippen LogP contribution in [0.4, 0.5) is 5.69 Å². The van der Waals surface area contributed by atoms with Gasteiger partial charge in [-0.1, -0.05) is 25.1 Å². The van der Waals surface area contributed by atoms with E-state index >= 15 is 0 Å². The van der Waals surface area contributed by atoms with Gasteiger partial charge in [0.05, 0.1) is 19.6 Å². The van der Waals surface area contributed by atoms with Crippen LogP contribution in [0.1, 0.15) is 23.6 Å². The number of aromatic nitrogens is 1. The molecule has 154 valence electrons. The van der Waals surface area contributed by atoms with Crippen molar-refractivity contribution < 1.29 is 19.0 Å². The first-order valence-electron chi connectivity index (χ1n) is 9.48. The monoisotopic (exact) mass is 405 g/mol. The van der Waals surface area contributed by atoms with E-state index in [0.717, 1.165) is 23.2 Å². The van der Waals surface area contributed by atoms with Crippen molar-refractivity contribution in [2.75, 3.05) is 26.1 Å². The summed E-state index contributed by atoms with van der Waals surface area (Å²) in [6.45, 7) is 3.72. The molecule has 0 saturated carbocycles. The fraction of sp³-hybridized carbons (Fsp3) is 0.261. The zero-order valence-corrected chi connectivity index (χ0v) is 17.4. The molecule has 7 nitrogen and oxygen atoms in total. The first-order valence-corrected chi connectivity index (χ1v) is 9.48. The summed E-state index contributed by atoms with van der Waals surface area (Å²) < 4.78 is 16.5. The standard InChI is InChI=1S/C23H23N3O4/c1-5-15-8-6-7-14(2)21(15)26-20(27)13-30-23-16(11-24)12-25-22-18(23)9-17(28-3)10-19(22)29-4/h6-10,12H,5,13H2,1-4H3,(H,26,27). The van der Waals surface area contributed by atoms with Gasteiger partial charge in [-0.3, -0.25) is 9.78 Å². The van der Waals surface area contributed by atoms with E-state index in [1.165, 1.54) is 20.4 Å². The Hall–Kier alpha value is -3.79. The van der Waals surface area contributed by atoms with Crippen molar-refractivity contribution in [3.8, 4) is 23.3 Å². The van der Waals surface area contributed by atoms with Gasteiger partial charge in [0.1, 0.15) is 34.4 Å². The highest BCUT2D eigenvalue weighted by atomic mass is 16.5. The highest BCUT2D eigenvalue weighted by Crippen LogP contribution is 2.36. The van der Waals surface area contributed by atoms with Crippen molar-refractivity contribution in [1.29, 1.82) is 5.26 Å². The van der Waals surface area contributed by atoms with E-state index in [1.807, 2.05) is 32.0 Å². The van der Waals surface area contributed by atoms with Crippen molar-refractivity contribution in [2.24, 2.45) is 0 Å². The lowest BCUT2D eigenvalue weighted by Crippen LogP contribution is -2.22. The van der Waals surface area contributed by atoms with Crippen molar-refractivity contribution in [3.63, 3.8) is 0 Å². The minimum absolute atomic E-state index is 0.218. The topological polar surface area (TPSA) is 93.5 Å². The van der Waals surface area contributed by atoms with E-state index < -0.39 is 0 Å². The Morgan fingerprint density at radius 2 is 2.03 bits per heavy atom. The van der Waals surface area contributed by atoms with Crippen LogP contribution < -0.4 is 19.5 Å². The Morgan fingerprint density at radius 1 is 1.23 bits per heavy atom. The van der Waals surface area contributed by atoms with Gasteiger partial charge in [0.15, 0.2) is 6.61 Å². The number of para-hydroxylation sites is 1. The van der Waals surface area contributed by atoms with Crippen molar-refractivity contribution >= 4 is 22.5 Å².